The van der Waals surface area contributed by atoms with Gasteiger partial charge in [0.05, 0.1) is 0 Å². The van der Waals surface area contributed by atoms with Crippen molar-refractivity contribution in [2.45, 2.75) is 18.9 Å². The third-order valence-corrected chi connectivity index (χ3v) is 2.37. The summed E-state index contributed by atoms with van der Waals surface area (Å²) in [5.74, 6) is 0. The van der Waals surface area contributed by atoms with Gasteiger partial charge in [-0.25, -0.2) is 0 Å². The lowest BCUT2D eigenvalue weighted by Gasteiger charge is -2.24. The standard InChI is InChI=1S/C11H19N3/c1-14(2)11(6-3-7-12)10-5-4-8-13-9-10/h4-5,8-9,11H,3,6-7,12H2,1-2H3. The molecule has 0 saturated carbocycles. The predicted molar refractivity (Wildman–Crippen MR) is 59.0 cm³/mol. The Hall–Kier alpha value is -0.930. The van der Waals surface area contributed by atoms with E-state index in [0.717, 1.165) is 19.4 Å². The van der Waals surface area contributed by atoms with E-state index in [0.29, 0.717) is 6.04 Å². The van der Waals surface area contributed by atoms with Crippen molar-refractivity contribution < 1.29 is 0 Å². The molecule has 0 saturated heterocycles. The molecule has 1 rings (SSSR count). The molecule has 0 radical (unpaired) electrons. The van der Waals surface area contributed by atoms with Crippen LogP contribution in [0.1, 0.15) is 24.4 Å². The first-order chi connectivity index (χ1) is 6.75. The molecule has 1 aromatic rings. The fourth-order valence-corrected chi connectivity index (χ4v) is 1.61. The lowest BCUT2D eigenvalue weighted by atomic mass is 10.0. The third-order valence-electron chi connectivity index (χ3n) is 2.37. The normalized spacial score (nSPS) is 13.1. The number of hydrogen-bond donors (Lipinski definition) is 1. The maximum absolute atomic E-state index is 5.52. The maximum Gasteiger partial charge on any atom is 0.0357 e. The van der Waals surface area contributed by atoms with Crippen LogP contribution in [0.15, 0.2) is 24.5 Å². The van der Waals surface area contributed by atoms with E-state index in [1.807, 2.05) is 12.3 Å². The highest BCUT2D eigenvalue weighted by Gasteiger charge is 2.12. The molecule has 0 spiro atoms. The van der Waals surface area contributed by atoms with E-state index in [-0.39, 0.29) is 0 Å². The Balaban J connectivity index is 2.68. The predicted octanol–water partition coefficient (Wildman–Crippen LogP) is 1.42. The summed E-state index contributed by atoms with van der Waals surface area (Å²) in [7, 11) is 4.18. The molecule has 2 N–H and O–H groups in total. The number of rotatable bonds is 5. The summed E-state index contributed by atoms with van der Waals surface area (Å²) in [5.41, 5.74) is 6.79. The summed E-state index contributed by atoms with van der Waals surface area (Å²) in [6, 6.07) is 4.54. The summed E-state index contributed by atoms with van der Waals surface area (Å²) in [6.45, 7) is 0.755. The summed E-state index contributed by atoms with van der Waals surface area (Å²) < 4.78 is 0. The lowest BCUT2D eigenvalue weighted by Crippen LogP contribution is -2.21. The molecule has 0 fully saturated rings. The van der Waals surface area contributed by atoms with Crippen LogP contribution < -0.4 is 5.73 Å². The number of nitrogens with two attached hydrogens (primary N) is 1. The molecule has 1 unspecified atom stereocenters. The van der Waals surface area contributed by atoms with E-state index in [1.165, 1.54) is 5.56 Å². The van der Waals surface area contributed by atoms with E-state index < -0.39 is 0 Å². The molecule has 78 valence electrons. The van der Waals surface area contributed by atoms with Crippen molar-refractivity contribution in [3.05, 3.63) is 30.1 Å². The smallest absolute Gasteiger partial charge is 0.0357 e. The Morgan fingerprint density at radius 3 is 2.79 bits per heavy atom. The van der Waals surface area contributed by atoms with Gasteiger partial charge in [-0.3, -0.25) is 4.98 Å². The number of pyridine rings is 1. The van der Waals surface area contributed by atoms with E-state index >= 15 is 0 Å². The highest BCUT2D eigenvalue weighted by atomic mass is 15.1. The Kier molecular flexibility index (Phi) is 4.56. The van der Waals surface area contributed by atoms with Gasteiger partial charge in [-0.1, -0.05) is 6.07 Å². The molecule has 0 amide bonds. The van der Waals surface area contributed by atoms with Gasteiger partial charge in [-0.15, -0.1) is 0 Å². The highest BCUT2D eigenvalue weighted by molar-refractivity contribution is 5.13. The lowest BCUT2D eigenvalue weighted by molar-refractivity contribution is 0.280. The van der Waals surface area contributed by atoms with Gasteiger partial charge in [0.1, 0.15) is 0 Å². The van der Waals surface area contributed by atoms with Crippen LogP contribution in [0.5, 0.6) is 0 Å². The van der Waals surface area contributed by atoms with E-state index in [1.54, 1.807) is 6.20 Å². The molecular formula is C11H19N3. The first-order valence-corrected chi connectivity index (χ1v) is 5.02. The zero-order valence-electron chi connectivity index (χ0n) is 8.98. The quantitative estimate of drug-likeness (QED) is 0.769. The molecule has 3 heteroatoms. The van der Waals surface area contributed by atoms with Crippen LogP contribution >= 0.6 is 0 Å². The minimum Gasteiger partial charge on any atom is -0.330 e. The number of nitrogens with zero attached hydrogens (tertiary/aromatic N) is 2. The number of hydrogen-bond acceptors (Lipinski definition) is 3. The fourth-order valence-electron chi connectivity index (χ4n) is 1.61. The molecule has 14 heavy (non-hydrogen) atoms. The SMILES string of the molecule is CN(C)C(CCCN)c1cccnc1. The van der Waals surface area contributed by atoms with Crippen LogP contribution in [0.2, 0.25) is 0 Å². The molecule has 0 aliphatic carbocycles. The molecule has 0 aromatic carbocycles. The Morgan fingerprint density at radius 2 is 2.29 bits per heavy atom. The van der Waals surface area contributed by atoms with Gasteiger partial charge in [0.15, 0.2) is 0 Å². The summed E-state index contributed by atoms with van der Waals surface area (Å²) in [6.07, 6.45) is 5.88. The van der Waals surface area contributed by atoms with Crippen LogP contribution in [0.3, 0.4) is 0 Å². The second-order valence-electron chi connectivity index (χ2n) is 3.70. The topological polar surface area (TPSA) is 42.1 Å². The van der Waals surface area contributed by atoms with Crippen LogP contribution in [-0.4, -0.2) is 30.5 Å². The first kappa shape index (κ1) is 11.1. The van der Waals surface area contributed by atoms with Crippen LogP contribution in [0, 0.1) is 0 Å². The maximum atomic E-state index is 5.52. The molecule has 1 heterocycles. The Labute approximate surface area is 85.9 Å². The van der Waals surface area contributed by atoms with Crippen molar-refractivity contribution in [3.63, 3.8) is 0 Å². The molecular weight excluding hydrogens is 174 g/mol. The van der Waals surface area contributed by atoms with Crippen molar-refractivity contribution in [2.24, 2.45) is 5.73 Å². The van der Waals surface area contributed by atoms with Crippen LogP contribution in [-0.2, 0) is 0 Å². The summed E-state index contributed by atoms with van der Waals surface area (Å²) in [4.78, 5) is 6.35. The van der Waals surface area contributed by atoms with Gasteiger partial charge in [-0.05, 0) is 45.1 Å². The zero-order chi connectivity index (χ0) is 10.4. The molecule has 0 bridgehead atoms. The van der Waals surface area contributed by atoms with Crippen LogP contribution in [0.25, 0.3) is 0 Å². The highest BCUT2D eigenvalue weighted by Crippen LogP contribution is 2.21. The van der Waals surface area contributed by atoms with E-state index in [2.05, 4.69) is 30.0 Å². The average molecular weight is 193 g/mol. The second-order valence-corrected chi connectivity index (χ2v) is 3.70. The second kappa shape index (κ2) is 5.73. The third kappa shape index (κ3) is 3.09. The van der Waals surface area contributed by atoms with Crippen LogP contribution in [0.4, 0.5) is 0 Å². The molecule has 0 aliphatic rings. The fraction of sp³-hybridized carbons (Fsp3) is 0.545. The summed E-state index contributed by atoms with van der Waals surface area (Å²) in [5, 5.41) is 0. The molecule has 0 aliphatic heterocycles. The minimum absolute atomic E-state index is 0.437. The van der Waals surface area contributed by atoms with Gasteiger partial charge in [-0.2, -0.15) is 0 Å². The van der Waals surface area contributed by atoms with Gasteiger partial charge < -0.3 is 10.6 Å². The monoisotopic (exact) mass is 193 g/mol. The number of aromatic nitrogens is 1. The van der Waals surface area contributed by atoms with E-state index in [9.17, 15) is 0 Å². The molecule has 3 nitrogen and oxygen atoms in total. The van der Waals surface area contributed by atoms with Gasteiger partial charge >= 0.3 is 0 Å². The van der Waals surface area contributed by atoms with Crippen molar-refractivity contribution in [1.29, 1.82) is 0 Å². The molecule has 1 atom stereocenters. The summed E-state index contributed by atoms with van der Waals surface area (Å²) >= 11 is 0. The van der Waals surface area contributed by atoms with E-state index in [4.69, 9.17) is 5.73 Å². The molecule has 1 aromatic heterocycles. The first-order valence-electron chi connectivity index (χ1n) is 5.02. The van der Waals surface area contributed by atoms with Crippen molar-refractivity contribution in [2.75, 3.05) is 20.6 Å². The van der Waals surface area contributed by atoms with Crippen molar-refractivity contribution in [3.8, 4) is 0 Å². The average Bonchev–Trinajstić information content (AvgIpc) is 2.19. The van der Waals surface area contributed by atoms with Gasteiger partial charge in [0.25, 0.3) is 0 Å². The van der Waals surface area contributed by atoms with Crippen molar-refractivity contribution >= 4 is 0 Å². The largest absolute Gasteiger partial charge is 0.330 e. The Bertz CT molecular complexity index is 246. The zero-order valence-corrected chi connectivity index (χ0v) is 8.98. The van der Waals surface area contributed by atoms with Gasteiger partial charge in [0, 0.05) is 18.4 Å². The van der Waals surface area contributed by atoms with Crippen molar-refractivity contribution in [1.82, 2.24) is 9.88 Å². The Morgan fingerprint density at radius 1 is 1.50 bits per heavy atom. The van der Waals surface area contributed by atoms with Gasteiger partial charge in [0.2, 0.25) is 0 Å². The minimum atomic E-state index is 0.437.